The molecule has 1 N–H and O–H groups in total. The number of carbonyl (C=O) groups excluding carboxylic acids is 2. The van der Waals surface area contributed by atoms with Crippen molar-refractivity contribution in [2.45, 2.75) is 38.3 Å². The monoisotopic (exact) mass is 462 g/mol. The molecule has 1 aromatic carbocycles. The molecule has 1 fully saturated rings. The number of Topliss-reactive ketones (excluding diaryl/α,β-unsaturated/α-hetero) is 1. The number of rotatable bonds is 7. The molecule has 1 saturated carbocycles. The van der Waals surface area contributed by atoms with Crippen molar-refractivity contribution in [1.82, 2.24) is 9.47 Å². The molecule has 2 aromatic rings. The maximum atomic E-state index is 14.1. The zero-order valence-corrected chi connectivity index (χ0v) is 18.6. The Morgan fingerprint density at radius 1 is 1.38 bits per heavy atom. The topological polar surface area (TPSA) is 88.8 Å². The summed E-state index contributed by atoms with van der Waals surface area (Å²) in [5.41, 5.74) is -1.41. The number of carbonyl (C=O) groups is 2. The van der Waals surface area contributed by atoms with Crippen LogP contribution < -0.4 is 5.43 Å². The number of methoxy groups -OCH3 is 1. The van der Waals surface area contributed by atoms with Crippen molar-refractivity contribution < 1.29 is 23.8 Å². The smallest absolute Gasteiger partial charge is 0.275 e. The minimum absolute atomic E-state index is 0.0409. The Hall–Kier alpha value is -2.71. The average Bonchev–Trinajstić information content (AvgIpc) is 3.43. The first kappa shape index (κ1) is 22.5. The highest BCUT2D eigenvalue weighted by atomic mass is 35.5. The van der Waals surface area contributed by atoms with Crippen LogP contribution in [-0.4, -0.2) is 52.1 Å². The first-order chi connectivity index (χ1) is 15.2. The van der Waals surface area contributed by atoms with Crippen LogP contribution in [0.15, 0.2) is 29.2 Å². The van der Waals surface area contributed by atoms with Crippen LogP contribution in [0.25, 0.3) is 0 Å². The third kappa shape index (κ3) is 3.51. The molecule has 1 aromatic heterocycles. The fourth-order valence-corrected chi connectivity index (χ4v) is 4.99. The molecule has 0 radical (unpaired) electrons. The summed E-state index contributed by atoms with van der Waals surface area (Å²) in [5, 5.41) is 10.5. The summed E-state index contributed by atoms with van der Waals surface area (Å²) < 4.78 is 20.9. The first-order valence-electron chi connectivity index (χ1n) is 10.5. The summed E-state index contributed by atoms with van der Waals surface area (Å²) in [4.78, 5) is 40.3. The summed E-state index contributed by atoms with van der Waals surface area (Å²) >= 11 is 5.78. The number of aromatic nitrogens is 1. The van der Waals surface area contributed by atoms with Crippen molar-refractivity contribution in [2.75, 3.05) is 20.3 Å². The van der Waals surface area contributed by atoms with Gasteiger partial charge in [0.2, 0.25) is 5.43 Å². The number of amides is 1. The normalized spacial score (nSPS) is 21.7. The SMILES string of the molecule is CCN1C(=O)c2c(O)c(=O)c(C(=O)CCc3cccc(Cl)c3F)cn2CC12CC2COC. The Bertz CT molecular complexity index is 1160. The maximum Gasteiger partial charge on any atom is 0.275 e. The van der Waals surface area contributed by atoms with E-state index >= 15 is 0 Å². The number of pyridine rings is 1. The third-order valence-corrected chi connectivity index (χ3v) is 6.81. The van der Waals surface area contributed by atoms with E-state index in [4.69, 9.17) is 16.3 Å². The van der Waals surface area contributed by atoms with Crippen LogP contribution in [0, 0.1) is 11.7 Å². The molecule has 0 bridgehead atoms. The van der Waals surface area contributed by atoms with Gasteiger partial charge in [-0.25, -0.2) is 4.39 Å². The number of halogens is 2. The lowest BCUT2D eigenvalue weighted by molar-refractivity contribution is 0.0491. The van der Waals surface area contributed by atoms with E-state index in [1.54, 1.807) is 18.1 Å². The number of ether oxygens (including phenoxy) is 1. The molecule has 7 nitrogen and oxygen atoms in total. The molecule has 1 aliphatic heterocycles. The standard InChI is InChI=1S/C23H24ClFN2O5/c1-3-27-22(31)19-21(30)20(29)15(10-26(19)12-23(27)9-14(23)11-32-2)17(28)8-7-13-5-4-6-16(24)18(13)25/h4-6,10,14,30H,3,7-9,11-12H2,1-2H3. The molecule has 32 heavy (non-hydrogen) atoms. The van der Waals surface area contributed by atoms with E-state index in [1.807, 2.05) is 6.92 Å². The van der Waals surface area contributed by atoms with Crippen molar-refractivity contribution in [2.24, 2.45) is 5.92 Å². The van der Waals surface area contributed by atoms with Crippen molar-refractivity contribution in [1.29, 1.82) is 0 Å². The van der Waals surface area contributed by atoms with E-state index in [9.17, 15) is 23.9 Å². The Kier molecular flexibility index (Phi) is 5.85. The molecule has 4 rings (SSSR count). The van der Waals surface area contributed by atoms with E-state index in [-0.39, 0.29) is 40.6 Å². The molecular formula is C23H24ClFN2O5. The lowest BCUT2D eigenvalue weighted by atomic mass is 10.0. The molecule has 170 valence electrons. The molecule has 2 heterocycles. The quantitative estimate of drug-likeness (QED) is 0.639. The van der Waals surface area contributed by atoms with Gasteiger partial charge < -0.3 is 19.3 Å². The number of benzene rings is 1. The fraction of sp³-hybridized carbons (Fsp3) is 0.435. The van der Waals surface area contributed by atoms with Crippen molar-refractivity contribution >= 4 is 23.3 Å². The van der Waals surface area contributed by atoms with Gasteiger partial charge in [0.05, 0.1) is 22.7 Å². The molecule has 1 spiro atoms. The Morgan fingerprint density at radius 3 is 2.81 bits per heavy atom. The molecular weight excluding hydrogens is 439 g/mol. The van der Waals surface area contributed by atoms with Crippen LogP contribution >= 0.6 is 11.6 Å². The van der Waals surface area contributed by atoms with Gasteiger partial charge in [-0.2, -0.15) is 0 Å². The van der Waals surface area contributed by atoms with E-state index in [1.165, 1.54) is 22.9 Å². The zero-order chi connectivity index (χ0) is 23.2. The zero-order valence-electron chi connectivity index (χ0n) is 17.9. The number of likely N-dealkylation sites (N-methyl/N-ethyl adjacent to an activating group) is 1. The second-order valence-electron chi connectivity index (χ2n) is 8.34. The highest BCUT2D eigenvalue weighted by molar-refractivity contribution is 6.30. The molecule has 2 aliphatic rings. The number of hydrogen-bond acceptors (Lipinski definition) is 5. The third-order valence-electron chi connectivity index (χ3n) is 6.52. The molecule has 1 aliphatic carbocycles. The van der Waals surface area contributed by atoms with Gasteiger partial charge in [-0.3, -0.25) is 14.4 Å². The highest BCUT2D eigenvalue weighted by Gasteiger charge is 2.61. The predicted octanol–water partition coefficient (Wildman–Crippen LogP) is 3.04. The van der Waals surface area contributed by atoms with Crippen LogP contribution in [0.2, 0.25) is 5.02 Å². The van der Waals surface area contributed by atoms with Gasteiger partial charge in [-0.05, 0) is 31.4 Å². The van der Waals surface area contributed by atoms with Crippen LogP contribution in [0.4, 0.5) is 4.39 Å². The van der Waals surface area contributed by atoms with E-state index in [0.717, 1.165) is 6.42 Å². The van der Waals surface area contributed by atoms with Gasteiger partial charge in [0.25, 0.3) is 5.91 Å². The minimum Gasteiger partial charge on any atom is -0.503 e. The van der Waals surface area contributed by atoms with Crippen molar-refractivity contribution in [3.05, 3.63) is 62.3 Å². The van der Waals surface area contributed by atoms with E-state index < -0.39 is 34.2 Å². The van der Waals surface area contributed by atoms with Gasteiger partial charge in [-0.15, -0.1) is 0 Å². The van der Waals surface area contributed by atoms with Crippen LogP contribution in [0.3, 0.4) is 0 Å². The summed E-state index contributed by atoms with van der Waals surface area (Å²) in [6.07, 6.45) is 2.00. The predicted molar refractivity (Wildman–Crippen MR) is 116 cm³/mol. The van der Waals surface area contributed by atoms with Crippen LogP contribution in [0.1, 0.15) is 46.2 Å². The Balaban J connectivity index is 1.65. The van der Waals surface area contributed by atoms with E-state index in [0.29, 0.717) is 19.7 Å². The van der Waals surface area contributed by atoms with Gasteiger partial charge in [-0.1, -0.05) is 23.7 Å². The molecule has 9 heteroatoms. The number of hydrogen-bond donors (Lipinski definition) is 1. The highest BCUT2D eigenvalue weighted by Crippen LogP contribution is 2.52. The summed E-state index contributed by atoms with van der Waals surface area (Å²) in [6, 6.07) is 4.52. The summed E-state index contributed by atoms with van der Waals surface area (Å²) in [7, 11) is 1.60. The number of aromatic hydroxyl groups is 1. The van der Waals surface area contributed by atoms with Gasteiger partial charge >= 0.3 is 0 Å². The lowest BCUT2D eigenvalue weighted by Crippen LogP contribution is -2.52. The number of fused-ring (bicyclic) bond motifs is 1. The minimum atomic E-state index is -0.891. The van der Waals surface area contributed by atoms with Gasteiger partial charge in [0.15, 0.2) is 17.2 Å². The number of nitrogens with zero attached hydrogens (tertiary/aromatic N) is 2. The molecule has 2 atom stereocenters. The Labute approximate surface area is 189 Å². The first-order valence-corrected chi connectivity index (χ1v) is 10.9. The van der Waals surface area contributed by atoms with Crippen LogP contribution in [0.5, 0.6) is 5.75 Å². The largest absolute Gasteiger partial charge is 0.503 e. The number of ketones is 1. The maximum absolute atomic E-state index is 14.1. The fourth-order valence-electron chi connectivity index (χ4n) is 4.80. The van der Waals surface area contributed by atoms with Gasteiger partial charge in [0, 0.05) is 38.7 Å². The van der Waals surface area contributed by atoms with Crippen LogP contribution in [-0.2, 0) is 17.7 Å². The van der Waals surface area contributed by atoms with E-state index in [2.05, 4.69) is 0 Å². The second kappa shape index (κ2) is 8.33. The lowest BCUT2D eigenvalue weighted by Gasteiger charge is -2.39. The van der Waals surface area contributed by atoms with Crippen molar-refractivity contribution in [3.8, 4) is 5.75 Å². The van der Waals surface area contributed by atoms with Gasteiger partial charge in [0.1, 0.15) is 5.82 Å². The Morgan fingerprint density at radius 2 is 2.12 bits per heavy atom. The molecule has 0 saturated heterocycles. The number of aryl methyl sites for hydroxylation is 1. The molecule has 1 amide bonds. The molecule has 2 unspecified atom stereocenters. The summed E-state index contributed by atoms with van der Waals surface area (Å²) in [6.45, 7) is 3.12. The summed E-state index contributed by atoms with van der Waals surface area (Å²) in [5.74, 6) is -2.17. The average molecular weight is 463 g/mol. The second-order valence-corrected chi connectivity index (χ2v) is 8.75. The van der Waals surface area contributed by atoms with Crippen molar-refractivity contribution in [3.63, 3.8) is 0 Å².